The topological polar surface area (TPSA) is 117 Å². The molecule has 0 fully saturated rings. The Kier molecular flexibility index (Phi) is 7.43. The maximum absolute atomic E-state index is 12.5. The third-order valence-corrected chi connectivity index (χ3v) is 6.48. The predicted molar refractivity (Wildman–Crippen MR) is 152 cm³/mol. The standard InChI is InChI=1S/C30H30N4O6/c1-5-38-30(37)19-6-12-22-23(14-19)32-29(36)27(22)28(18-7-13-24-25(15-18)40-17-39-24)31-20-8-10-21(11-9-20)34(4)26(35)16-33(2)3/h6-15,32,36H,5,16-17H2,1-4H3. The van der Waals surface area contributed by atoms with E-state index in [0.29, 0.717) is 57.0 Å². The molecule has 1 aromatic heterocycles. The summed E-state index contributed by atoms with van der Waals surface area (Å²) in [6, 6.07) is 17.8. The molecule has 2 heterocycles. The first-order chi connectivity index (χ1) is 19.2. The molecule has 5 rings (SSSR count). The number of hydrogen-bond donors (Lipinski definition) is 2. The molecule has 0 radical (unpaired) electrons. The summed E-state index contributed by atoms with van der Waals surface area (Å²) in [5.74, 6) is 0.621. The third-order valence-electron chi connectivity index (χ3n) is 6.48. The number of hydrogen-bond acceptors (Lipinski definition) is 8. The van der Waals surface area contributed by atoms with Gasteiger partial charge in [-0.25, -0.2) is 9.79 Å². The van der Waals surface area contributed by atoms with Crippen molar-refractivity contribution in [3.05, 3.63) is 77.4 Å². The predicted octanol–water partition coefficient (Wildman–Crippen LogP) is 4.47. The second kappa shape index (κ2) is 11.1. The second-order valence-electron chi connectivity index (χ2n) is 9.56. The largest absolute Gasteiger partial charge is 0.494 e. The van der Waals surface area contributed by atoms with Crippen LogP contribution in [0.25, 0.3) is 10.9 Å². The van der Waals surface area contributed by atoms with E-state index in [0.717, 1.165) is 5.69 Å². The van der Waals surface area contributed by atoms with Gasteiger partial charge in [-0.3, -0.25) is 4.79 Å². The summed E-state index contributed by atoms with van der Waals surface area (Å²) >= 11 is 0. The Morgan fingerprint density at radius 2 is 1.70 bits per heavy atom. The van der Waals surface area contributed by atoms with Crippen molar-refractivity contribution in [1.82, 2.24) is 9.88 Å². The van der Waals surface area contributed by atoms with E-state index < -0.39 is 5.97 Å². The van der Waals surface area contributed by atoms with Crippen molar-refractivity contribution < 1.29 is 28.9 Å². The highest BCUT2D eigenvalue weighted by Crippen LogP contribution is 2.37. The smallest absolute Gasteiger partial charge is 0.338 e. The summed E-state index contributed by atoms with van der Waals surface area (Å²) in [6.07, 6.45) is 0. The van der Waals surface area contributed by atoms with Crippen LogP contribution in [0, 0.1) is 0 Å². The van der Waals surface area contributed by atoms with E-state index in [1.165, 1.54) is 0 Å². The fourth-order valence-electron chi connectivity index (χ4n) is 4.47. The normalized spacial score (nSPS) is 12.7. The number of aromatic hydroxyl groups is 1. The Morgan fingerprint density at radius 3 is 2.42 bits per heavy atom. The zero-order valence-electron chi connectivity index (χ0n) is 22.7. The molecule has 0 unspecified atom stereocenters. The molecule has 10 heteroatoms. The molecule has 40 heavy (non-hydrogen) atoms. The Hall–Kier alpha value is -4.83. The summed E-state index contributed by atoms with van der Waals surface area (Å²) in [4.78, 5) is 36.1. The van der Waals surface area contributed by atoms with Gasteiger partial charge in [-0.05, 0) is 75.6 Å². The first-order valence-electron chi connectivity index (χ1n) is 12.8. The van der Waals surface area contributed by atoms with Crippen LogP contribution in [-0.2, 0) is 9.53 Å². The van der Waals surface area contributed by atoms with E-state index in [9.17, 15) is 14.7 Å². The first-order valence-corrected chi connectivity index (χ1v) is 12.8. The molecule has 0 aliphatic carbocycles. The number of fused-ring (bicyclic) bond motifs is 2. The molecule has 1 aliphatic rings. The minimum atomic E-state index is -0.446. The molecule has 0 bridgehead atoms. The fraction of sp³-hybridized carbons (Fsp3) is 0.233. The van der Waals surface area contributed by atoms with Gasteiger partial charge >= 0.3 is 5.97 Å². The Balaban J connectivity index is 1.59. The van der Waals surface area contributed by atoms with Crippen LogP contribution in [0.4, 0.5) is 11.4 Å². The second-order valence-corrected chi connectivity index (χ2v) is 9.56. The van der Waals surface area contributed by atoms with Crippen LogP contribution in [0.3, 0.4) is 0 Å². The van der Waals surface area contributed by atoms with Crippen LogP contribution in [0.2, 0.25) is 0 Å². The lowest BCUT2D eigenvalue weighted by molar-refractivity contribution is -0.118. The number of anilines is 1. The molecule has 3 aromatic carbocycles. The molecule has 1 amide bonds. The molecule has 1 aliphatic heterocycles. The quantitative estimate of drug-likeness (QED) is 0.249. The Bertz CT molecular complexity index is 1610. The zero-order chi connectivity index (χ0) is 28.4. The maximum atomic E-state index is 12.5. The van der Waals surface area contributed by atoms with E-state index in [2.05, 4.69) is 4.98 Å². The molecular weight excluding hydrogens is 512 g/mol. The first kappa shape index (κ1) is 26.8. The third kappa shape index (κ3) is 5.34. The number of rotatable bonds is 8. The number of carbonyl (C=O) groups excluding carboxylic acids is 2. The summed E-state index contributed by atoms with van der Waals surface area (Å²) in [5.41, 5.74) is 3.91. The van der Waals surface area contributed by atoms with Gasteiger partial charge in [0.25, 0.3) is 0 Å². The number of aromatic nitrogens is 1. The molecular formula is C30H30N4O6. The SMILES string of the molecule is CCOC(=O)c1ccc2c(C(=Nc3ccc(N(C)C(=O)CN(C)C)cc3)c3ccc4c(c3)OCO4)c(O)[nH]c2c1. The molecule has 0 spiro atoms. The number of aromatic amines is 1. The highest BCUT2D eigenvalue weighted by Gasteiger charge is 2.23. The van der Waals surface area contributed by atoms with E-state index >= 15 is 0 Å². The summed E-state index contributed by atoms with van der Waals surface area (Å²) in [5, 5.41) is 11.7. The summed E-state index contributed by atoms with van der Waals surface area (Å²) in [7, 11) is 5.43. The average molecular weight is 543 g/mol. The lowest BCUT2D eigenvalue weighted by Crippen LogP contribution is -2.34. The van der Waals surface area contributed by atoms with Crippen molar-refractivity contribution in [1.29, 1.82) is 0 Å². The number of esters is 1. The number of ether oxygens (including phenoxy) is 3. The van der Waals surface area contributed by atoms with E-state index in [-0.39, 0.29) is 25.2 Å². The van der Waals surface area contributed by atoms with E-state index in [4.69, 9.17) is 19.2 Å². The van der Waals surface area contributed by atoms with Gasteiger partial charge in [0.15, 0.2) is 17.4 Å². The highest BCUT2D eigenvalue weighted by atomic mass is 16.7. The molecule has 2 N–H and O–H groups in total. The van der Waals surface area contributed by atoms with Crippen LogP contribution >= 0.6 is 0 Å². The molecule has 206 valence electrons. The van der Waals surface area contributed by atoms with Crippen LogP contribution in [0.15, 0.2) is 65.7 Å². The minimum Gasteiger partial charge on any atom is -0.494 e. The van der Waals surface area contributed by atoms with Gasteiger partial charge in [-0.15, -0.1) is 0 Å². The molecule has 4 aromatic rings. The van der Waals surface area contributed by atoms with Crippen molar-refractivity contribution in [2.45, 2.75) is 6.92 Å². The van der Waals surface area contributed by atoms with Crippen LogP contribution in [-0.4, -0.2) is 73.7 Å². The number of benzene rings is 3. The van der Waals surface area contributed by atoms with Gasteiger partial charge in [0, 0.05) is 29.2 Å². The van der Waals surface area contributed by atoms with Crippen molar-refractivity contribution in [2.24, 2.45) is 4.99 Å². The maximum Gasteiger partial charge on any atom is 0.338 e. The van der Waals surface area contributed by atoms with Gasteiger partial charge in [0.2, 0.25) is 12.7 Å². The van der Waals surface area contributed by atoms with E-state index in [1.54, 1.807) is 43.1 Å². The fourth-order valence-corrected chi connectivity index (χ4v) is 4.47. The van der Waals surface area contributed by atoms with Crippen molar-refractivity contribution >= 4 is 39.9 Å². The Labute approximate surface area is 231 Å². The van der Waals surface area contributed by atoms with E-state index in [1.807, 2.05) is 55.4 Å². The lowest BCUT2D eigenvalue weighted by Gasteiger charge is -2.19. The number of nitrogens with one attached hydrogen (secondary N) is 1. The van der Waals surface area contributed by atoms with Crippen molar-refractivity contribution in [3.63, 3.8) is 0 Å². The molecule has 0 atom stereocenters. The zero-order valence-corrected chi connectivity index (χ0v) is 22.7. The Morgan fingerprint density at radius 1 is 0.975 bits per heavy atom. The highest BCUT2D eigenvalue weighted by molar-refractivity contribution is 6.22. The number of amides is 1. The van der Waals surface area contributed by atoms with Crippen molar-refractivity contribution in [2.75, 3.05) is 46.0 Å². The molecule has 0 saturated carbocycles. The van der Waals surface area contributed by atoms with Crippen LogP contribution in [0.5, 0.6) is 17.4 Å². The number of aliphatic imine (C=N–C) groups is 1. The molecule has 10 nitrogen and oxygen atoms in total. The number of nitrogens with zero attached hydrogens (tertiary/aromatic N) is 3. The van der Waals surface area contributed by atoms with Crippen LogP contribution in [0.1, 0.15) is 28.4 Å². The van der Waals surface area contributed by atoms with Gasteiger partial charge < -0.3 is 34.1 Å². The lowest BCUT2D eigenvalue weighted by atomic mass is 9.99. The molecule has 0 saturated heterocycles. The van der Waals surface area contributed by atoms with Crippen molar-refractivity contribution in [3.8, 4) is 17.4 Å². The monoisotopic (exact) mass is 542 g/mol. The van der Waals surface area contributed by atoms with Gasteiger partial charge in [-0.2, -0.15) is 0 Å². The number of carbonyl (C=O) groups is 2. The average Bonchev–Trinajstić information content (AvgIpc) is 3.54. The summed E-state index contributed by atoms with van der Waals surface area (Å²) < 4.78 is 16.2. The minimum absolute atomic E-state index is 0.0341. The van der Waals surface area contributed by atoms with Gasteiger partial charge in [-0.1, -0.05) is 6.07 Å². The number of likely N-dealkylation sites (N-methyl/N-ethyl adjacent to an activating group) is 2. The van der Waals surface area contributed by atoms with Gasteiger partial charge in [0.05, 0.1) is 35.7 Å². The van der Waals surface area contributed by atoms with Crippen LogP contribution < -0.4 is 14.4 Å². The number of H-pyrrole nitrogens is 1. The summed E-state index contributed by atoms with van der Waals surface area (Å²) in [6.45, 7) is 2.43. The van der Waals surface area contributed by atoms with Gasteiger partial charge in [0.1, 0.15) is 0 Å².